The Morgan fingerprint density at radius 2 is 1.91 bits per heavy atom. The number of nitrogens with zero attached hydrogens (tertiary/aromatic N) is 7. The number of anilines is 3. The fourth-order valence-electron chi connectivity index (χ4n) is 5.70. The number of nitriles is 1. The molecule has 184 valence electrons. The van der Waals surface area contributed by atoms with E-state index in [1.807, 2.05) is 24.8 Å². The van der Waals surface area contributed by atoms with Crippen LogP contribution in [-0.2, 0) is 14.9 Å². The van der Waals surface area contributed by atoms with Crippen LogP contribution in [0.2, 0.25) is 0 Å². The molecule has 2 atom stereocenters. The molecule has 2 aromatic heterocycles. The van der Waals surface area contributed by atoms with Crippen molar-refractivity contribution in [3.8, 4) is 6.07 Å². The Balaban J connectivity index is 1.51. The second-order valence-electron chi connectivity index (χ2n) is 10.7. The Kier molecular flexibility index (Phi) is 5.67. The van der Waals surface area contributed by atoms with Crippen molar-refractivity contribution in [1.82, 2.24) is 19.9 Å². The summed E-state index contributed by atoms with van der Waals surface area (Å²) < 4.78 is 5.47. The molecule has 1 amide bonds. The van der Waals surface area contributed by atoms with Crippen molar-refractivity contribution < 1.29 is 9.53 Å². The van der Waals surface area contributed by atoms with E-state index in [2.05, 4.69) is 34.7 Å². The van der Waals surface area contributed by atoms with E-state index in [9.17, 15) is 10.1 Å². The SMILES string of the molecule is COC(C)(C)C(=O)N1C[C@@H](C)N(c2ncnc3c2C2(CCC2)CN3c2cc(C#N)ccn2)C[C@@H]1C. The maximum Gasteiger partial charge on any atom is 0.254 e. The average molecular weight is 476 g/mol. The summed E-state index contributed by atoms with van der Waals surface area (Å²) in [6, 6.07) is 5.87. The Labute approximate surface area is 206 Å². The highest BCUT2D eigenvalue weighted by Crippen LogP contribution is 2.56. The zero-order chi connectivity index (χ0) is 25.0. The molecule has 0 unspecified atom stereocenters. The molecule has 9 nitrogen and oxygen atoms in total. The lowest BCUT2D eigenvalue weighted by Crippen LogP contribution is -2.62. The van der Waals surface area contributed by atoms with Crippen LogP contribution in [-0.4, -0.2) is 70.2 Å². The van der Waals surface area contributed by atoms with Crippen LogP contribution in [0.15, 0.2) is 24.7 Å². The number of amides is 1. The van der Waals surface area contributed by atoms with Gasteiger partial charge in [-0.05, 0) is 52.7 Å². The molecule has 1 saturated heterocycles. The minimum absolute atomic E-state index is 0.00971. The van der Waals surface area contributed by atoms with E-state index in [1.165, 1.54) is 12.0 Å². The summed E-state index contributed by atoms with van der Waals surface area (Å²) in [5.74, 6) is 2.61. The lowest BCUT2D eigenvalue weighted by atomic mass is 9.66. The summed E-state index contributed by atoms with van der Waals surface area (Å²) in [7, 11) is 1.58. The summed E-state index contributed by atoms with van der Waals surface area (Å²) in [4.78, 5) is 33.7. The van der Waals surface area contributed by atoms with E-state index in [-0.39, 0.29) is 23.4 Å². The second kappa shape index (κ2) is 8.45. The van der Waals surface area contributed by atoms with Crippen LogP contribution in [0.3, 0.4) is 0 Å². The van der Waals surface area contributed by atoms with Gasteiger partial charge in [-0.25, -0.2) is 15.0 Å². The van der Waals surface area contributed by atoms with E-state index >= 15 is 0 Å². The molecule has 0 aromatic carbocycles. The highest BCUT2D eigenvalue weighted by Gasteiger charge is 2.52. The van der Waals surface area contributed by atoms with Gasteiger partial charge in [0.15, 0.2) is 0 Å². The second-order valence-corrected chi connectivity index (χ2v) is 10.7. The van der Waals surface area contributed by atoms with Gasteiger partial charge in [0, 0.05) is 56.0 Å². The number of piperazine rings is 1. The van der Waals surface area contributed by atoms with Crippen molar-refractivity contribution in [2.75, 3.05) is 36.5 Å². The zero-order valence-corrected chi connectivity index (χ0v) is 21.2. The molecule has 2 fully saturated rings. The van der Waals surface area contributed by atoms with Crippen LogP contribution in [0.1, 0.15) is 58.1 Å². The van der Waals surface area contributed by atoms with Crippen molar-refractivity contribution in [3.63, 3.8) is 0 Å². The number of rotatable bonds is 4. The summed E-state index contributed by atoms with van der Waals surface area (Å²) in [6.45, 7) is 9.97. The highest BCUT2D eigenvalue weighted by atomic mass is 16.5. The Morgan fingerprint density at radius 3 is 2.57 bits per heavy atom. The molecule has 3 aliphatic rings. The Morgan fingerprint density at radius 1 is 1.17 bits per heavy atom. The third-order valence-electron chi connectivity index (χ3n) is 8.06. The summed E-state index contributed by atoms with van der Waals surface area (Å²) in [5.41, 5.74) is 0.909. The lowest BCUT2D eigenvalue weighted by molar-refractivity contribution is -0.154. The molecule has 4 heterocycles. The molecule has 5 rings (SSSR count). The molecule has 0 bridgehead atoms. The quantitative estimate of drug-likeness (QED) is 0.665. The predicted molar refractivity (Wildman–Crippen MR) is 133 cm³/mol. The number of hydrogen-bond acceptors (Lipinski definition) is 8. The van der Waals surface area contributed by atoms with Crippen molar-refractivity contribution in [2.24, 2.45) is 0 Å². The van der Waals surface area contributed by atoms with E-state index in [0.29, 0.717) is 18.7 Å². The normalized spacial score (nSPS) is 23.1. The van der Waals surface area contributed by atoms with Crippen LogP contribution in [0.25, 0.3) is 0 Å². The minimum Gasteiger partial charge on any atom is -0.369 e. The van der Waals surface area contributed by atoms with Gasteiger partial charge in [-0.1, -0.05) is 6.42 Å². The number of aromatic nitrogens is 3. The number of ether oxygens (including phenoxy) is 1. The first-order chi connectivity index (χ1) is 16.7. The summed E-state index contributed by atoms with van der Waals surface area (Å²) in [6.07, 6.45) is 6.66. The maximum atomic E-state index is 13.2. The maximum absolute atomic E-state index is 13.2. The van der Waals surface area contributed by atoms with Crippen LogP contribution in [0, 0.1) is 11.3 Å². The number of fused-ring (bicyclic) bond motifs is 2. The predicted octanol–water partition coefficient (Wildman–Crippen LogP) is 3.17. The standard InChI is InChI=1S/C26H33N7O2/c1-17-14-32(24(34)25(3,4)35-5)18(2)13-31(17)22-21-23(30-16-29-22)33(15-26(21)8-6-9-26)20-11-19(12-27)7-10-28-20/h7,10-11,16-18H,6,8-9,13-15H2,1-5H3/t17-,18+/m1/s1. The van der Waals surface area contributed by atoms with Gasteiger partial charge in [0.25, 0.3) is 5.91 Å². The van der Waals surface area contributed by atoms with Crippen LogP contribution >= 0.6 is 0 Å². The number of hydrogen-bond donors (Lipinski definition) is 0. The third kappa shape index (κ3) is 3.71. The van der Waals surface area contributed by atoms with Crippen molar-refractivity contribution in [2.45, 2.75) is 70.1 Å². The smallest absolute Gasteiger partial charge is 0.254 e. The first-order valence-electron chi connectivity index (χ1n) is 12.3. The fourth-order valence-corrected chi connectivity index (χ4v) is 5.70. The lowest BCUT2D eigenvalue weighted by Gasteiger charge is -2.48. The van der Waals surface area contributed by atoms with Gasteiger partial charge in [0.05, 0.1) is 11.6 Å². The van der Waals surface area contributed by atoms with Gasteiger partial charge in [-0.3, -0.25) is 4.79 Å². The van der Waals surface area contributed by atoms with Gasteiger partial charge in [0.2, 0.25) is 0 Å². The Bertz CT molecular complexity index is 1190. The monoisotopic (exact) mass is 475 g/mol. The average Bonchev–Trinajstić information content (AvgIpc) is 3.21. The molecule has 1 spiro atoms. The zero-order valence-electron chi connectivity index (χ0n) is 21.2. The van der Waals surface area contributed by atoms with Crippen molar-refractivity contribution >= 4 is 23.4 Å². The molecule has 9 heteroatoms. The topological polar surface area (TPSA) is 98.5 Å². The molecule has 0 radical (unpaired) electrons. The van der Waals surface area contributed by atoms with E-state index in [4.69, 9.17) is 14.7 Å². The van der Waals surface area contributed by atoms with Gasteiger partial charge in [0.1, 0.15) is 29.4 Å². The van der Waals surface area contributed by atoms with Gasteiger partial charge in [-0.2, -0.15) is 5.26 Å². The first-order valence-corrected chi connectivity index (χ1v) is 12.3. The van der Waals surface area contributed by atoms with Crippen molar-refractivity contribution in [1.29, 1.82) is 5.26 Å². The molecule has 0 N–H and O–H groups in total. The van der Waals surface area contributed by atoms with Crippen LogP contribution in [0.5, 0.6) is 0 Å². The Hall–Kier alpha value is -3.25. The van der Waals surface area contributed by atoms with Crippen LogP contribution in [0.4, 0.5) is 17.5 Å². The van der Waals surface area contributed by atoms with Gasteiger partial charge in [-0.15, -0.1) is 0 Å². The third-order valence-corrected chi connectivity index (χ3v) is 8.06. The number of carbonyl (C=O) groups excluding carboxylic acids is 1. The molecule has 35 heavy (non-hydrogen) atoms. The summed E-state index contributed by atoms with van der Waals surface area (Å²) >= 11 is 0. The summed E-state index contributed by atoms with van der Waals surface area (Å²) in [5, 5.41) is 9.39. The molecular weight excluding hydrogens is 442 g/mol. The van der Waals surface area contributed by atoms with E-state index in [1.54, 1.807) is 25.7 Å². The molecular formula is C26H33N7O2. The molecule has 2 aromatic rings. The van der Waals surface area contributed by atoms with Gasteiger partial charge >= 0.3 is 0 Å². The van der Waals surface area contributed by atoms with E-state index in [0.717, 1.165) is 36.8 Å². The molecule has 1 saturated carbocycles. The minimum atomic E-state index is -0.853. The largest absolute Gasteiger partial charge is 0.369 e. The number of carbonyl (C=O) groups is 1. The van der Waals surface area contributed by atoms with Gasteiger partial charge < -0.3 is 19.4 Å². The molecule has 2 aliphatic heterocycles. The first kappa shape index (κ1) is 23.5. The van der Waals surface area contributed by atoms with E-state index < -0.39 is 5.60 Å². The fraction of sp³-hybridized carbons (Fsp3) is 0.577. The number of methoxy groups -OCH3 is 1. The number of pyridine rings is 1. The van der Waals surface area contributed by atoms with Crippen LogP contribution < -0.4 is 9.80 Å². The highest BCUT2D eigenvalue weighted by molar-refractivity contribution is 5.85. The van der Waals surface area contributed by atoms with Crippen molar-refractivity contribution in [3.05, 3.63) is 35.8 Å². The molecule has 1 aliphatic carbocycles.